The largest absolute Gasteiger partial charge is 0.454 e. The van der Waals surface area contributed by atoms with Gasteiger partial charge < -0.3 is 32.8 Å². The quantitative estimate of drug-likeness (QED) is 0.143. The number of para-hydroxylation sites is 9. The third kappa shape index (κ3) is 8.90. The molecule has 6 heterocycles. The molecule has 0 N–H and O–H groups in total. The summed E-state index contributed by atoms with van der Waals surface area (Å²) in [4.78, 5) is 8.91. The van der Waals surface area contributed by atoms with Crippen LogP contribution in [0.25, 0.3) is 116 Å². The first kappa shape index (κ1) is 57.1. The highest BCUT2D eigenvalue weighted by molar-refractivity contribution is 8.00. The molecule has 3 aliphatic rings. The Hall–Kier alpha value is -12.1. The van der Waals surface area contributed by atoms with Gasteiger partial charge in [-0.2, -0.15) is 0 Å². The minimum Gasteiger partial charge on any atom is -0.454 e. The second kappa shape index (κ2) is 22.8. The Bertz CT molecular complexity index is 5770. The zero-order valence-corrected chi connectivity index (χ0v) is 55.9. The molecule has 18 aromatic rings. The molecular formula is C90H54N4O3S3. The zero-order valence-electron chi connectivity index (χ0n) is 53.4. The molecule has 10 heteroatoms. The number of anilines is 3. The predicted molar refractivity (Wildman–Crippen MR) is 412 cm³/mol. The Morgan fingerprint density at radius 1 is 0.240 bits per heavy atom. The molecule has 3 aliphatic heterocycles. The van der Waals surface area contributed by atoms with Crippen molar-refractivity contribution in [2.75, 3.05) is 4.90 Å². The molecule has 21 rings (SSSR count). The van der Waals surface area contributed by atoms with Gasteiger partial charge in [-0.3, -0.25) is 0 Å². The van der Waals surface area contributed by atoms with Crippen LogP contribution in [0.1, 0.15) is 0 Å². The topological polar surface area (TPSA) is 45.7 Å². The van der Waals surface area contributed by atoms with Crippen molar-refractivity contribution in [1.82, 2.24) is 13.7 Å². The third-order valence-electron chi connectivity index (χ3n) is 19.8. The first-order valence-corrected chi connectivity index (χ1v) is 36.0. The van der Waals surface area contributed by atoms with Crippen molar-refractivity contribution in [2.24, 2.45) is 0 Å². The van der Waals surface area contributed by atoms with Gasteiger partial charge in [-0.1, -0.05) is 217 Å². The lowest BCUT2D eigenvalue weighted by Gasteiger charge is -2.27. The molecule has 0 amide bonds. The average Bonchev–Trinajstić information content (AvgIpc) is 1.53. The van der Waals surface area contributed by atoms with Gasteiger partial charge in [0.05, 0.1) is 78.6 Å². The average molecular weight is 1340 g/mol. The third-order valence-corrected chi connectivity index (χ3v) is 23.3. The lowest BCUT2D eigenvalue weighted by molar-refractivity contribution is 0.461. The van der Waals surface area contributed by atoms with Crippen LogP contribution < -0.4 is 19.1 Å². The van der Waals surface area contributed by atoms with Crippen molar-refractivity contribution in [2.45, 2.75) is 29.4 Å². The van der Waals surface area contributed by atoms with Crippen LogP contribution in [0.2, 0.25) is 0 Å². The first-order valence-electron chi connectivity index (χ1n) is 33.5. The Morgan fingerprint density at radius 2 is 0.500 bits per heavy atom. The normalized spacial score (nSPS) is 12.7. The summed E-state index contributed by atoms with van der Waals surface area (Å²) in [5, 5.41) is 6.73. The van der Waals surface area contributed by atoms with Crippen LogP contribution in [0.3, 0.4) is 0 Å². The summed E-state index contributed by atoms with van der Waals surface area (Å²) in [6.07, 6.45) is 0. The van der Waals surface area contributed by atoms with Gasteiger partial charge in [-0.05, 0) is 162 Å². The summed E-state index contributed by atoms with van der Waals surface area (Å²) in [5.74, 6) is 5.21. The van der Waals surface area contributed by atoms with Crippen molar-refractivity contribution in [3.8, 4) is 84.9 Å². The molecular weight excluding hydrogens is 1280 g/mol. The lowest BCUT2D eigenvalue weighted by Crippen LogP contribution is -2.10. The highest BCUT2D eigenvalue weighted by atomic mass is 32.2. The van der Waals surface area contributed by atoms with E-state index >= 15 is 0 Å². The first-order chi connectivity index (χ1) is 49.6. The fraction of sp³-hybridized carbons (Fsp3) is 0. The zero-order chi connectivity index (χ0) is 65.5. The summed E-state index contributed by atoms with van der Waals surface area (Å²) >= 11 is 5.35. The SMILES string of the molecule is c1ccc(-n2c3ccccc3c3c4c(c(-c5ccc(N(c6ccc(-c7cc8c(c9c7Sc7ccccc7O9)c7ccccc7n8-c7ccccc7)cc6)c6ccc(-c7cc8c(c9c7Sc7ccccc7O9)c7ccccc7n8-c7ccccc7)cc6)cc5)cc32)Sc2ccccc2O4)cc1. The van der Waals surface area contributed by atoms with E-state index in [1.54, 1.807) is 35.3 Å². The van der Waals surface area contributed by atoms with E-state index in [1.807, 2.05) is 0 Å². The Labute approximate surface area is 588 Å². The van der Waals surface area contributed by atoms with Crippen molar-refractivity contribution < 1.29 is 14.2 Å². The fourth-order valence-electron chi connectivity index (χ4n) is 15.4. The van der Waals surface area contributed by atoms with Crippen LogP contribution in [0, 0.1) is 0 Å². The van der Waals surface area contributed by atoms with Crippen molar-refractivity contribution in [3.63, 3.8) is 0 Å². The molecule has 0 spiro atoms. The molecule has 0 fully saturated rings. The molecule has 0 aliphatic carbocycles. The number of ether oxygens (including phenoxy) is 3. The van der Waals surface area contributed by atoms with Crippen LogP contribution in [0.15, 0.2) is 357 Å². The van der Waals surface area contributed by atoms with Crippen LogP contribution >= 0.6 is 35.3 Å². The van der Waals surface area contributed by atoms with E-state index in [4.69, 9.17) is 14.2 Å². The molecule has 0 saturated heterocycles. The van der Waals surface area contributed by atoms with Crippen LogP contribution in [-0.4, -0.2) is 13.7 Å². The molecule has 0 bridgehead atoms. The van der Waals surface area contributed by atoms with Gasteiger partial charge in [0.2, 0.25) is 0 Å². The van der Waals surface area contributed by atoms with E-state index in [9.17, 15) is 0 Å². The maximum absolute atomic E-state index is 7.12. The summed E-state index contributed by atoms with van der Waals surface area (Å²) in [6, 6.07) is 118. The maximum atomic E-state index is 7.12. The Morgan fingerprint density at radius 3 is 0.800 bits per heavy atom. The lowest BCUT2D eigenvalue weighted by atomic mass is 9.99. The second-order valence-corrected chi connectivity index (χ2v) is 28.6. The van der Waals surface area contributed by atoms with E-state index in [0.717, 1.165) is 197 Å². The summed E-state index contributed by atoms with van der Waals surface area (Å²) in [5.41, 5.74) is 19.4. The van der Waals surface area contributed by atoms with E-state index in [-0.39, 0.29) is 0 Å². The van der Waals surface area contributed by atoms with E-state index in [2.05, 4.69) is 346 Å². The maximum Gasteiger partial charge on any atom is 0.152 e. The smallest absolute Gasteiger partial charge is 0.152 e. The molecule has 0 radical (unpaired) electrons. The molecule has 100 heavy (non-hydrogen) atoms. The second-order valence-electron chi connectivity index (χ2n) is 25.4. The molecule has 0 saturated carbocycles. The Kier molecular flexibility index (Phi) is 13.0. The van der Waals surface area contributed by atoms with Crippen molar-refractivity contribution >= 4 is 118 Å². The highest BCUT2D eigenvalue weighted by Gasteiger charge is 2.33. The summed E-state index contributed by atoms with van der Waals surface area (Å²) in [6.45, 7) is 0. The molecule has 3 aromatic heterocycles. The monoisotopic (exact) mass is 1330 g/mol. The van der Waals surface area contributed by atoms with Gasteiger partial charge >= 0.3 is 0 Å². The molecule has 0 unspecified atom stereocenters. The minimum atomic E-state index is 0.861. The van der Waals surface area contributed by atoms with Crippen LogP contribution in [0.4, 0.5) is 17.1 Å². The molecule has 470 valence electrons. The number of fused-ring (bicyclic) bond motifs is 18. The number of benzene rings is 15. The molecule has 7 nitrogen and oxygen atoms in total. The van der Waals surface area contributed by atoms with Gasteiger partial charge in [0, 0.05) is 67.0 Å². The summed E-state index contributed by atoms with van der Waals surface area (Å²) in [7, 11) is 0. The van der Waals surface area contributed by atoms with Crippen molar-refractivity contribution in [1.29, 1.82) is 0 Å². The molecule has 15 aromatic carbocycles. The van der Waals surface area contributed by atoms with Gasteiger partial charge in [0.15, 0.2) is 17.2 Å². The van der Waals surface area contributed by atoms with E-state index < -0.39 is 0 Å². The minimum absolute atomic E-state index is 0.861. The summed E-state index contributed by atoms with van der Waals surface area (Å²) < 4.78 is 28.5. The van der Waals surface area contributed by atoms with Gasteiger partial charge in [0.25, 0.3) is 0 Å². The number of hydrogen-bond acceptors (Lipinski definition) is 7. The van der Waals surface area contributed by atoms with Crippen LogP contribution in [-0.2, 0) is 0 Å². The van der Waals surface area contributed by atoms with Gasteiger partial charge in [-0.15, -0.1) is 0 Å². The predicted octanol–water partition coefficient (Wildman–Crippen LogP) is 26.2. The highest BCUT2D eigenvalue weighted by Crippen LogP contribution is 2.60. The molecule has 0 atom stereocenters. The van der Waals surface area contributed by atoms with Crippen LogP contribution in [0.5, 0.6) is 34.5 Å². The number of nitrogens with zero attached hydrogens (tertiary/aromatic N) is 4. The standard InChI is InChI=1S/C90H54N4O3S3/c1-4-22-58(23-5-1)92-70-31-13-10-28-64(70)82-73(92)52-67(88-85(82)95-76-34-16-19-37-79(76)98-88)55-40-46-61(47-41-55)91(62-48-42-56(43-49-62)68-53-74-83(86-89(68)99-80-38-20-17-35-77(80)96-86)65-29-11-14-32-71(65)93(74)59-24-6-2-7-25-59)63-50-44-57(45-51-63)69-54-75-84(87-90(69)100-81-39-21-18-36-78(81)97-87)66-30-12-15-33-72(66)94(75)60-26-8-3-9-27-60/h1-54H. The fourth-order valence-corrected chi connectivity index (χ4v) is 18.7. The number of aromatic nitrogens is 3. The Balaban J connectivity index is 0.744. The number of rotatable bonds is 9. The van der Waals surface area contributed by atoms with Gasteiger partial charge in [-0.25, -0.2) is 0 Å². The van der Waals surface area contributed by atoms with E-state index in [0.29, 0.717) is 0 Å². The van der Waals surface area contributed by atoms with E-state index in [1.165, 1.54) is 0 Å². The number of hydrogen-bond donors (Lipinski definition) is 0. The van der Waals surface area contributed by atoms with Crippen molar-refractivity contribution in [3.05, 3.63) is 328 Å². The van der Waals surface area contributed by atoms with Gasteiger partial charge in [0.1, 0.15) is 17.2 Å².